The van der Waals surface area contributed by atoms with Crippen LogP contribution >= 0.6 is 11.3 Å². The van der Waals surface area contributed by atoms with E-state index >= 15 is 0 Å². The molecule has 1 aromatic rings. The predicted molar refractivity (Wildman–Crippen MR) is 83.6 cm³/mol. The summed E-state index contributed by atoms with van der Waals surface area (Å²) in [5.41, 5.74) is 1.19. The maximum atomic E-state index is 12.6. The van der Waals surface area contributed by atoms with Crippen LogP contribution in [-0.2, 0) is 10.8 Å². The molecule has 0 amide bonds. The first-order chi connectivity index (χ1) is 8.76. The van der Waals surface area contributed by atoms with E-state index in [4.69, 9.17) is 4.43 Å². The smallest absolute Gasteiger partial charge is 0.189 e. The van der Waals surface area contributed by atoms with Crippen molar-refractivity contribution in [3.63, 3.8) is 0 Å². The Morgan fingerprint density at radius 1 is 1.47 bits per heavy atom. The summed E-state index contributed by atoms with van der Waals surface area (Å²) in [6.45, 7) is 11.6. The van der Waals surface area contributed by atoms with Crippen LogP contribution in [0.5, 0.6) is 0 Å². The van der Waals surface area contributed by atoms with E-state index in [0.717, 1.165) is 18.4 Å². The molecule has 1 aliphatic carbocycles. The Kier molecular flexibility index (Phi) is 4.05. The minimum atomic E-state index is -1.67. The number of carbonyl (C=O) groups is 1. The van der Waals surface area contributed by atoms with Gasteiger partial charge in [-0.15, -0.1) is 11.3 Å². The first-order valence-electron chi connectivity index (χ1n) is 7.01. The number of hydrogen-bond donors (Lipinski definition) is 0. The van der Waals surface area contributed by atoms with Crippen molar-refractivity contribution < 1.29 is 9.22 Å². The van der Waals surface area contributed by atoms with E-state index in [1.54, 1.807) is 11.3 Å². The highest BCUT2D eigenvalue weighted by atomic mass is 32.1. The number of aryl methyl sites for hydroxylation is 1. The van der Waals surface area contributed by atoms with Gasteiger partial charge in [0.15, 0.2) is 14.1 Å². The van der Waals surface area contributed by atoms with Crippen LogP contribution in [0.25, 0.3) is 0 Å². The van der Waals surface area contributed by atoms with Crippen LogP contribution in [0.2, 0.25) is 18.6 Å². The fraction of sp³-hybridized carbons (Fsp3) is 0.667. The van der Waals surface area contributed by atoms with E-state index in [0.29, 0.717) is 12.1 Å². The number of thiophene rings is 1. The largest absolute Gasteiger partial charge is 0.416 e. The van der Waals surface area contributed by atoms with Gasteiger partial charge < -0.3 is 4.43 Å². The third kappa shape index (κ3) is 2.85. The van der Waals surface area contributed by atoms with E-state index in [-0.39, 0.29) is 11.2 Å². The summed E-state index contributed by atoms with van der Waals surface area (Å²) in [6, 6.07) is 1.98. The molecule has 1 unspecified atom stereocenters. The fourth-order valence-corrected chi connectivity index (χ4v) is 4.11. The van der Waals surface area contributed by atoms with E-state index < -0.39 is 8.32 Å². The van der Waals surface area contributed by atoms with Gasteiger partial charge in [0.05, 0.1) is 5.41 Å². The molecule has 0 fully saturated rings. The maximum Gasteiger partial charge on any atom is 0.189 e. The molecule has 0 aromatic carbocycles. The van der Waals surface area contributed by atoms with Crippen LogP contribution in [0.1, 0.15) is 42.4 Å². The van der Waals surface area contributed by atoms with Gasteiger partial charge in [-0.2, -0.15) is 0 Å². The number of fused-ring (bicyclic) bond motifs is 1. The summed E-state index contributed by atoms with van der Waals surface area (Å²) in [4.78, 5) is 13.9. The van der Waals surface area contributed by atoms with Crippen molar-refractivity contribution in [2.24, 2.45) is 5.41 Å². The minimum Gasteiger partial charge on any atom is -0.416 e. The summed E-state index contributed by atoms with van der Waals surface area (Å²) >= 11 is 1.71. The predicted octanol–water partition coefficient (Wildman–Crippen LogP) is 4.52. The third-order valence-electron chi connectivity index (χ3n) is 4.60. The van der Waals surface area contributed by atoms with E-state index in [2.05, 4.69) is 33.9 Å². The van der Waals surface area contributed by atoms with Crippen molar-refractivity contribution in [1.82, 2.24) is 0 Å². The zero-order chi connectivity index (χ0) is 14.3. The SMILES string of the molecule is CC(C)[Si](C)(C)OCC1(C)CCc2sccc2C1=O. The molecule has 0 aliphatic heterocycles. The normalized spacial score (nSPS) is 23.8. The monoisotopic (exact) mass is 296 g/mol. The van der Waals surface area contributed by atoms with Crippen molar-refractivity contribution in [2.75, 3.05) is 6.61 Å². The molecule has 4 heteroatoms. The zero-order valence-corrected chi connectivity index (χ0v) is 14.4. The van der Waals surface area contributed by atoms with Gasteiger partial charge in [-0.1, -0.05) is 20.8 Å². The molecule has 1 heterocycles. The average molecular weight is 297 g/mol. The number of hydrogen-bond acceptors (Lipinski definition) is 3. The van der Waals surface area contributed by atoms with Crippen LogP contribution in [-0.4, -0.2) is 20.7 Å². The molecule has 0 spiro atoms. The molecule has 1 aromatic heterocycles. The zero-order valence-electron chi connectivity index (χ0n) is 12.6. The molecular weight excluding hydrogens is 272 g/mol. The van der Waals surface area contributed by atoms with Crippen LogP contribution in [0, 0.1) is 5.41 Å². The third-order valence-corrected chi connectivity index (χ3v) is 9.25. The van der Waals surface area contributed by atoms with Gasteiger partial charge in [-0.25, -0.2) is 0 Å². The lowest BCUT2D eigenvalue weighted by Gasteiger charge is -2.36. The number of Topliss-reactive ketones (excluding diaryl/α,β-unsaturated/α-hetero) is 1. The lowest BCUT2D eigenvalue weighted by molar-refractivity contribution is 0.0663. The summed E-state index contributed by atoms with van der Waals surface area (Å²) in [6.07, 6.45) is 1.93. The summed E-state index contributed by atoms with van der Waals surface area (Å²) in [5.74, 6) is 0.281. The molecule has 0 saturated carbocycles. The number of carbonyl (C=O) groups excluding carboxylic acids is 1. The van der Waals surface area contributed by atoms with Gasteiger partial charge in [0.1, 0.15) is 0 Å². The van der Waals surface area contributed by atoms with Crippen molar-refractivity contribution in [3.8, 4) is 0 Å². The van der Waals surface area contributed by atoms with Gasteiger partial charge in [0.2, 0.25) is 0 Å². The Morgan fingerprint density at radius 2 is 2.16 bits per heavy atom. The fourth-order valence-electron chi connectivity index (χ4n) is 2.21. The number of ketones is 1. The second kappa shape index (κ2) is 5.15. The molecule has 106 valence electrons. The Balaban J connectivity index is 2.11. The molecule has 0 N–H and O–H groups in total. The molecule has 2 rings (SSSR count). The van der Waals surface area contributed by atoms with Gasteiger partial charge in [-0.3, -0.25) is 4.79 Å². The molecule has 1 aliphatic rings. The van der Waals surface area contributed by atoms with Gasteiger partial charge in [0, 0.05) is 17.0 Å². The summed E-state index contributed by atoms with van der Waals surface area (Å²) in [5, 5.41) is 2.03. The van der Waals surface area contributed by atoms with E-state index in [1.807, 2.05) is 11.4 Å². The molecule has 2 nitrogen and oxygen atoms in total. The molecule has 19 heavy (non-hydrogen) atoms. The minimum absolute atomic E-state index is 0.281. The average Bonchev–Trinajstić information content (AvgIpc) is 2.81. The lowest BCUT2D eigenvalue weighted by Crippen LogP contribution is -2.43. The van der Waals surface area contributed by atoms with Crippen molar-refractivity contribution in [1.29, 1.82) is 0 Å². The Bertz CT molecular complexity index is 478. The molecular formula is C15H24O2SSi. The summed E-state index contributed by atoms with van der Waals surface area (Å²) < 4.78 is 6.22. The number of rotatable bonds is 4. The van der Waals surface area contributed by atoms with Crippen molar-refractivity contribution in [3.05, 3.63) is 21.9 Å². The molecule has 0 radical (unpaired) electrons. The first-order valence-corrected chi connectivity index (χ1v) is 10.9. The Morgan fingerprint density at radius 3 is 2.79 bits per heavy atom. The van der Waals surface area contributed by atoms with Crippen LogP contribution in [0.3, 0.4) is 0 Å². The highest BCUT2D eigenvalue weighted by Gasteiger charge is 2.41. The van der Waals surface area contributed by atoms with Crippen molar-refractivity contribution >= 4 is 25.4 Å². The van der Waals surface area contributed by atoms with Gasteiger partial charge >= 0.3 is 0 Å². The van der Waals surface area contributed by atoms with E-state index in [1.165, 1.54) is 4.88 Å². The summed E-state index contributed by atoms with van der Waals surface area (Å²) in [7, 11) is -1.67. The standard InChI is InChI=1S/C15H24O2SSi/c1-11(2)19(4,5)17-10-15(3)8-6-13-12(14(15)16)7-9-18-13/h7,9,11H,6,8,10H2,1-5H3. The molecule has 0 bridgehead atoms. The van der Waals surface area contributed by atoms with Crippen LogP contribution in [0.15, 0.2) is 11.4 Å². The molecule has 1 atom stereocenters. The van der Waals surface area contributed by atoms with Gasteiger partial charge in [-0.05, 0) is 42.9 Å². The lowest BCUT2D eigenvalue weighted by atomic mass is 9.75. The Labute approximate surface area is 121 Å². The van der Waals surface area contributed by atoms with Crippen LogP contribution in [0.4, 0.5) is 0 Å². The Hall–Kier alpha value is -0.453. The topological polar surface area (TPSA) is 26.3 Å². The quantitative estimate of drug-likeness (QED) is 0.764. The highest BCUT2D eigenvalue weighted by Crippen LogP contribution is 2.38. The van der Waals surface area contributed by atoms with Crippen molar-refractivity contribution in [2.45, 2.75) is 52.2 Å². The highest BCUT2D eigenvalue weighted by molar-refractivity contribution is 7.10. The van der Waals surface area contributed by atoms with Gasteiger partial charge in [0.25, 0.3) is 0 Å². The molecule has 0 saturated heterocycles. The van der Waals surface area contributed by atoms with E-state index in [9.17, 15) is 4.79 Å². The maximum absolute atomic E-state index is 12.6. The van der Waals surface area contributed by atoms with Crippen LogP contribution < -0.4 is 0 Å². The first kappa shape index (κ1) is 14.9. The second-order valence-electron chi connectivity index (χ2n) is 6.69. The second-order valence-corrected chi connectivity index (χ2v) is 12.3.